The van der Waals surface area contributed by atoms with Crippen molar-refractivity contribution in [2.24, 2.45) is 0 Å². The third-order valence-electron chi connectivity index (χ3n) is 2.45. The summed E-state index contributed by atoms with van der Waals surface area (Å²) in [7, 11) is -1.82. The molecule has 1 amide bonds. The first-order valence-electron chi connectivity index (χ1n) is 5.79. The van der Waals surface area contributed by atoms with Crippen molar-refractivity contribution in [3.05, 3.63) is 0 Å². The lowest BCUT2D eigenvalue weighted by atomic mass is 10.5. The van der Waals surface area contributed by atoms with Crippen molar-refractivity contribution >= 4 is 38.1 Å². The van der Waals surface area contributed by atoms with Crippen molar-refractivity contribution in [3.63, 3.8) is 0 Å². The number of aromatic nitrogens is 1. The predicted octanol–water partition coefficient (Wildman–Crippen LogP) is 0.0912. The Bertz CT molecular complexity index is 553. The normalized spacial score (nSPS) is 11.3. The van der Waals surface area contributed by atoms with Crippen molar-refractivity contribution in [2.75, 3.05) is 36.5 Å². The molecule has 1 aromatic rings. The van der Waals surface area contributed by atoms with E-state index in [1.807, 2.05) is 6.92 Å². The number of likely N-dealkylation sites (N-methyl/N-ethyl adjacent to an activating group) is 2. The van der Waals surface area contributed by atoms with Gasteiger partial charge in [-0.15, -0.1) is 0 Å². The van der Waals surface area contributed by atoms with Gasteiger partial charge in [0.05, 0.1) is 12.3 Å². The molecule has 19 heavy (non-hydrogen) atoms. The van der Waals surface area contributed by atoms with Crippen LogP contribution < -0.4 is 16.0 Å². The van der Waals surface area contributed by atoms with E-state index in [1.165, 1.54) is 0 Å². The Balaban J connectivity index is 3.06. The molecule has 0 radical (unpaired) electrons. The topological polar surface area (TPSA) is 105 Å². The number of carbonyl (C=O) groups is 1. The lowest BCUT2D eigenvalue weighted by Crippen LogP contribution is -2.35. The van der Waals surface area contributed by atoms with Crippen molar-refractivity contribution in [1.82, 2.24) is 9.69 Å². The maximum atomic E-state index is 12.0. The number of nitrogens with one attached hydrogen (secondary N) is 1. The average Bonchev–Trinajstić information content (AvgIpc) is 2.72. The second-order valence-corrected chi connectivity index (χ2v) is 6.88. The summed E-state index contributed by atoms with van der Waals surface area (Å²) in [5.74, 6) is -0.251. The third-order valence-corrected chi connectivity index (χ3v) is 5.34. The van der Waals surface area contributed by atoms with Gasteiger partial charge in [-0.05, 0) is 18.5 Å². The third kappa shape index (κ3) is 3.57. The fraction of sp³-hybridized carbons (Fsp3) is 0.600. The Hall–Kier alpha value is -1.35. The van der Waals surface area contributed by atoms with E-state index in [0.29, 0.717) is 11.5 Å². The SMILES string of the molecule is CCNC(=O)CN(C)c1snc(N)c1S(=O)(=O)CC. The maximum absolute atomic E-state index is 12.0. The number of hydrogen-bond donors (Lipinski definition) is 2. The van der Waals surface area contributed by atoms with Crippen molar-refractivity contribution in [2.45, 2.75) is 18.7 Å². The minimum absolute atomic E-state index is 0.00963. The van der Waals surface area contributed by atoms with Crippen LogP contribution in [0, 0.1) is 0 Å². The number of amides is 1. The molecule has 0 saturated carbocycles. The first-order valence-corrected chi connectivity index (χ1v) is 8.21. The summed E-state index contributed by atoms with van der Waals surface area (Å²) in [6, 6.07) is 0. The van der Waals surface area contributed by atoms with E-state index in [-0.39, 0.29) is 28.9 Å². The van der Waals surface area contributed by atoms with Crippen LogP contribution in [-0.4, -0.2) is 44.6 Å². The first kappa shape index (κ1) is 15.7. The molecule has 0 bridgehead atoms. The maximum Gasteiger partial charge on any atom is 0.239 e. The number of rotatable bonds is 6. The molecule has 0 atom stereocenters. The number of nitrogens with two attached hydrogens (primary N) is 1. The molecule has 3 N–H and O–H groups in total. The van der Waals surface area contributed by atoms with E-state index < -0.39 is 9.84 Å². The summed E-state index contributed by atoms with van der Waals surface area (Å²) < 4.78 is 27.8. The van der Waals surface area contributed by atoms with Gasteiger partial charge < -0.3 is 16.0 Å². The summed E-state index contributed by atoms with van der Waals surface area (Å²) in [5, 5.41) is 3.04. The fourth-order valence-electron chi connectivity index (χ4n) is 1.50. The second kappa shape index (κ2) is 6.20. The van der Waals surface area contributed by atoms with Crippen LogP contribution in [0.5, 0.6) is 0 Å². The van der Waals surface area contributed by atoms with Crippen LogP contribution in [0.15, 0.2) is 4.90 Å². The Morgan fingerprint density at radius 3 is 2.63 bits per heavy atom. The standard InChI is InChI=1S/C10H18N4O3S2/c1-4-12-7(15)6-14(3)10-8(9(11)13-18-10)19(16,17)5-2/h4-6H2,1-3H3,(H2,11,13)(H,12,15). The zero-order valence-electron chi connectivity index (χ0n) is 11.1. The number of hydrogen-bond acceptors (Lipinski definition) is 7. The molecule has 1 heterocycles. The van der Waals surface area contributed by atoms with Crippen LogP contribution >= 0.6 is 11.5 Å². The largest absolute Gasteiger partial charge is 0.382 e. The van der Waals surface area contributed by atoms with E-state index >= 15 is 0 Å². The number of sulfone groups is 1. The molecule has 0 aliphatic heterocycles. The van der Waals surface area contributed by atoms with Crippen molar-refractivity contribution in [3.8, 4) is 0 Å². The van der Waals surface area contributed by atoms with Crippen molar-refractivity contribution < 1.29 is 13.2 Å². The molecule has 0 fully saturated rings. The van der Waals surface area contributed by atoms with Crippen LogP contribution in [0.3, 0.4) is 0 Å². The van der Waals surface area contributed by atoms with Crippen LogP contribution in [0.2, 0.25) is 0 Å². The van der Waals surface area contributed by atoms with E-state index in [2.05, 4.69) is 9.69 Å². The Labute approximate surface area is 116 Å². The molecule has 0 aliphatic carbocycles. The Kier molecular flexibility index (Phi) is 5.12. The molecule has 9 heteroatoms. The van der Waals surface area contributed by atoms with Gasteiger partial charge in [0.1, 0.15) is 9.90 Å². The summed E-state index contributed by atoms with van der Waals surface area (Å²) in [6.45, 7) is 3.94. The molecular formula is C10H18N4O3S2. The van der Waals surface area contributed by atoms with Gasteiger partial charge in [0, 0.05) is 13.6 Å². The fourth-order valence-corrected chi connectivity index (χ4v) is 3.80. The average molecular weight is 306 g/mol. The van der Waals surface area contributed by atoms with Gasteiger partial charge in [-0.2, -0.15) is 4.37 Å². The van der Waals surface area contributed by atoms with Crippen LogP contribution in [-0.2, 0) is 14.6 Å². The molecule has 1 rings (SSSR count). The van der Waals surface area contributed by atoms with Gasteiger partial charge in [0.25, 0.3) is 0 Å². The van der Waals surface area contributed by atoms with Gasteiger partial charge in [0.2, 0.25) is 5.91 Å². The zero-order valence-corrected chi connectivity index (χ0v) is 12.8. The molecule has 0 aliphatic rings. The smallest absolute Gasteiger partial charge is 0.239 e. The minimum Gasteiger partial charge on any atom is -0.382 e. The van der Waals surface area contributed by atoms with Crippen LogP contribution in [0.1, 0.15) is 13.8 Å². The van der Waals surface area contributed by atoms with Crippen LogP contribution in [0.25, 0.3) is 0 Å². The van der Waals surface area contributed by atoms with Crippen molar-refractivity contribution in [1.29, 1.82) is 0 Å². The second-order valence-electron chi connectivity index (χ2n) is 3.92. The highest BCUT2D eigenvalue weighted by Crippen LogP contribution is 2.34. The number of carbonyl (C=O) groups excluding carboxylic acids is 1. The van der Waals surface area contributed by atoms with Gasteiger partial charge in [-0.3, -0.25) is 4.79 Å². The lowest BCUT2D eigenvalue weighted by molar-refractivity contribution is -0.119. The summed E-state index contributed by atoms with van der Waals surface area (Å²) in [5.41, 5.74) is 5.62. The molecule has 0 saturated heterocycles. The van der Waals surface area contributed by atoms with Crippen LogP contribution in [0.4, 0.5) is 10.8 Å². The highest BCUT2D eigenvalue weighted by atomic mass is 32.2. The molecule has 1 aromatic heterocycles. The number of nitrogens with zero attached hydrogens (tertiary/aromatic N) is 2. The summed E-state index contributed by atoms with van der Waals surface area (Å²) >= 11 is 0.978. The van der Waals surface area contributed by atoms with Gasteiger partial charge in [-0.1, -0.05) is 6.92 Å². The predicted molar refractivity (Wildman–Crippen MR) is 76.2 cm³/mol. The summed E-state index contributed by atoms with van der Waals surface area (Å²) in [6.07, 6.45) is 0. The van der Waals surface area contributed by atoms with Gasteiger partial charge >= 0.3 is 0 Å². The minimum atomic E-state index is -3.46. The highest BCUT2D eigenvalue weighted by molar-refractivity contribution is 7.91. The van der Waals surface area contributed by atoms with Gasteiger partial charge in [-0.25, -0.2) is 8.42 Å². The zero-order chi connectivity index (χ0) is 14.6. The monoisotopic (exact) mass is 306 g/mol. The van der Waals surface area contributed by atoms with E-state index in [4.69, 9.17) is 5.73 Å². The molecule has 108 valence electrons. The summed E-state index contributed by atoms with van der Waals surface area (Å²) in [4.78, 5) is 13.1. The van der Waals surface area contributed by atoms with E-state index in [9.17, 15) is 13.2 Å². The molecule has 0 spiro atoms. The lowest BCUT2D eigenvalue weighted by Gasteiger charge is -2.17. The quantitative estimate of drug-likeness (QED) is 0.771. The molecule has 0 aromatic carbocycles. The molecule has 7 nitrogen and oxygen atoms in total. The number of anilines is 2. The van der Waals surface area contributed by atoms with E-state index in [0.717, 1.165) is 11.5 Å². The highest BCUT2D eigenvalue weighted by Gasteiger charge is 2.26. The molecule has 0 unspecified atom stereocenters. The number of nitrogen functional groups attached to an aromatic ring is 1. The Morgan fingerprint density at radius 1 is 1.47 bits per heavy atom. The van der Waals surface area contributed by atoms with E-state index in [1.54, 1.807) is 18.9 Å². The Morgan fingerprint density at radius 2 is 2.11 bits per heavy atom. The molecular weight excluding hydrogens is 288 g/mol. The van der Waals surface area contributed by atoms with Gasteiger partial charge in [0.15, 0.2) is 15.7 Å². The first-order chi connectivity index (χ1) is 8.83.